The Bertz CT molecular complexity index is 6.00. The zero-order valence-electron chi connectivity index (χ0n) is 2.46. The first kappa shape index (κ1) is 41.2. The predicted octanol–water partition coefficient (Wildman–Crippen LogP) is -8.99. The van der Waals surface area contributed by atoms with Crippen molar-refractivity contribution < 1.29 is 63.2 Å². The summed E-state index contributed by atoms with van der Waals surface area (Å²) in [5, 5.41) is 0. The molecule has 0 bridgehead atoms. The van der Waals surface area contributed by atoms with Crippen molar-refractivity contribution in [1.29, 1.82) is 0 Å². The molecule has 0 aromatic carbocycles. The van der Waals surface area contributed by atoms with Crippen LogP contribution < -0.4 is 43.7 Å². The van der Waals surface area contributed by atoms with E-state index < -0.39 is 0 Å². The zero-order valence-corrected chi connectivity index (χ0v) is 6.94. The van der Waals surface area contributed by atoms with Crippen molar-refractivity contribution in [1.82, 2.24) is 0 Å². The smallest absolute Gasteiger partial charge is 1.00 e. The number of hydrogen-bond donors (Lipinski definition) is 0. The van der Waals surface area contributed by atoms with Gasteiger partial charge in [0.15, 0.2) is 0 Å². The molecule has 0 N–H and O–H groups in total. The Kier molecular flexibility index (Phi) is 220. The van der Waals surface area contributed by atoms with Crippen LogP contribution in [0.4, 0.5) is 0 Å². The third-order valence-electron chi connectivity index (χ3n) is 0. The van der Waals surface area contributed by atoms with Gasteiger partial charge in [0.05, 0.1) is 0 Å². The molecule has 0 aromatic heterocycles. The van der Waals surface area contributed by atoms with Gasteiger partial charge in [-0.1, -0.05) is 0 Å². The Labute approximate surface area is 62.9 Å². The molecule has 0 amide bonds. The Balaban J connectivity index is 0. The maximum absolute atomic E-state index is 0. The maximum atomic E-state index is 0. The quantitative estimate of drug-likeness (QED) is 0.295. The summed E-state index contributed by atoms with van der Waals surface area (Å²) in [6, 6.07) is 0. The Hall–Kier alpha value is 1.80. The first-order chi connectivity index (χ1) is 0. The zero-order chi connectivity index (χ0) is 0. The summed E-state index contributed by atoms with van der Waals surface area (Å²) in [5.74, 6) is 0. The second kappa shape index (κ2) is 21.4. The fraction of sp³-hybridized carbons (Fsp3) is 0. The van der Waals surface area contributed by atoms with Crippen molar-refractivity contribution in [2.75, 3.05) is 0 Å². The van der Waals surface area contributed by atoms with Crippen molar-refractivity contribution >= 4 is 0 Å². The second-order valence-corrected chi connectivity index (χ2v) is 0. The molecule has 0 atom stereocenters. The van der Waals surface area contributed by atoms with Gasteiger partial charge in [-0.3, -0.25) is 0 Å². The van der Waals surface area contributed by atoms with Crippen molar-refractivity contribution in [3.05, 3.63) is 0 Å². The van der Waals surface area contributed by atoms with Crippen molar-refractivity contribution in [3.63, 3.8) is 0 Å². The van der Waals surface area contributed by atoms with Crippen LogP contribution in [0.25, 0.3) is 0 Å². The molecule has 0 saturated carbocycles. The van der Waals surface area contributed by atoms with Crippen molar-refractivity contribution in [2.45, 2.75) is 0 Å². The molecule has 0 aliphatic rings. The molecule has 0 fully saturated rings. The van der Waals surface area contributed by atoms with Crippen LogP contribution >= 0.6 is 0 Å². The molecule has 0 spiro atoms. The molecule has 0 nitrogen and oxygen atoms in total. The van der Waals surface area contributed by atoms with Crippen LogP contribution in [0.5, 0.6) is 0 Å². The molecule has 4 heteroatoms. The van der Waals surface area contributed by atoms with Gasteiger partial charge in [0.2, 0.25) is 0 Å². The first-order valence-electron chi connectivity index (χ1n) is 0. The summed E-state index contributed by atoms with van der Waals surface area (Å²) in [4.78, 5) is 0. The van der Waals surface area contributed by atoms with Gasteiger partial charge in [-0.05, 0) is 0 Å². The third-order valence-corrected chi connectivity index (χ3v) is 0. The average molecular weight is 143 g/mol. The van der Waals surface area contributed by atoms with Gasteiger partial charge in [-0.2, -0.15) is 0 Å². The maximum Gasteiger partial charge on any atom is 2.00 e. The number of halogens is 2. The standard InChI is InChI=1S/2ClH.Li.Zn/h2*1H;;/q;;+1;+2/p-2. The second-order valence-electron chi connectivity index (χ2n) is 0. The van der Waals surface area contributed by atoms with Crippen LogP contribution in [0, 0.1) is 0 Å². The van der Waals surface area contributed by atoms with Gasteiger partial charge in [-0.25, -0.2) is 0 Å². The minimum atomic E-state index is 0. The molecule has 0 radical (unpaired) electrons. The van der Waals surface area contributed by atoms with Gasteiger partial charge in [0.1, 0.15) is 0 Å². The van der Waals surface area contributed by atoms with Gasteiger partial charge < -0.3 is 24.8 Å². The third kappa shape index (κ3) is 9.19. The van der Waals surface area contributed by atoms with Gasteiger partial charge in [0.25, 0.3) is 0 Å². The molecule has 0 saturated heterocycles. The molecule has 4 heavy (non-hydrogen) atoms. The van der Waals surface area contributed by atoms with E-state index in [4.69, 9.17) is 0 Å². The van der Waals surface area contributed by atoms with E-state index in [9.17, 15) is 0 Å². The van der Waals surface area contributed by atoms with Crippen LogP contribution in [0.15, 0.2) is 0 Å². The van der Waals surface area contributed by atoms with E-state index in [1.807, 2.05) is 0 Å². The molecule has 16 valence electrons. The monoisotopic (exact) mass is 141 g/mol. The van der Waals surface area contributed by atoms with Crippen molar-refractivity contribution in [3.8, 4) is 0 Å². The van der Waals surface area contributed by atoms with E-state index in [2.05, 4.69) is 0 Å². The van der Waals surface area contributed by atoms with Crippen molar-refractivity contribution in [2.24, 2.45) is 0 Å². The molecule has 0 rings (SSSR count). The van der Waals surface area contributed by atoms with Crippen LogP contribution in [0.1, 0.15) is 0 Å². The van der Waals surface area contributed by atoms with Crippen LogP contribution in [0.2, 0.25) is 0 Å². The SMILES string of the molecule is [Cl-].[Cl-].[Li+].[Zn+2]. The van der Waals surface area contributed by atoms with Crippen LogP contribution in [-0.2, 0) is 19.5 Å². The van der Waals surface area contributed by atoms with Gasteiger partial charge in [-0.15, -0.1) is 0 Å². The normalized spacial score (nSPS) is 0. The topological polar surface area (TPSA) is 0 Å². The van der Waals surface area contributed by atoms with E-state index in [1.165, 1.54) is 0 Å². The fourth-order valence-corrected chi connectivity index (χ4v) is 0. The Morgan fingerprint density at radius 3 is 0.750 bits per heavy atom. The van der Waals surface area contributed by atoms with Crippen LogP contribution in [-0.4, -0.2) is 0 Å². The van der Waals surface area contributed by atoms with Crippen LogP contribution in [0.3, 0.4) is 0 Å². The Morgan fingerprint density at radius 1 is 0.750 bits per heavy atom. The van der Waals surface area contributed by atoms with E-state index in [1.54, 1.807) is 0 Å². The summed E-state index contributed by atoms with van der Waals surface area (Å²) < 4.78 is 0. The minimum Gasteiger partial charge on any atom is -1.00 e. The minimum absolute atomic E-state index is 0. The summed E-state index contributed by atoms with van der Waals surface area (Å²) in [6.45, 7) is 0. The fourth-order valence-electron chi connectivity index (χ4n) is 0. The van der Waals surface area contributed by atoms with Gasteiger partial charge >= 0.3 is 38.3 Å². The predicted molar refractivity (Wildman–Crippen MR) is 0 cm³/mol. The molecule has 0 aromatic rings. The Morgan fingerprint density at radius 2 is 0.750 bits per heavy atom. The number of hydrogen-bond acceptors (Lipinski definition) is 0. The molecular formula is Cl2LiZn+. The first-order valence-corrected chi connectivity index (χ1v) is 0. The summed E-state index contributed by atoms with van der Waals surface area (Å²) >= 11 is 0. The summed E-state index contributed by atoms with van der Waals surface area (Å²) in [6.07, 6.45) is 0. The van der Waals surface area contributed by atoms with E-state index in [0.29, 0.717) is 0 Å². The molecule has 0 heterocycles. The van der Waals surface area contributed by atoms with E-state index >= 15 is 0 Å². The summed E-state index contributed by atoms with van der Waals surface area (Å²) in [7, 11) is 0. The molecule has 0 aliphatic heterocycles. The summed E-state index contributed by atoms with van der Waals surface area (Å²) in [5.41, 5.74) is 0. The largest absolute Gasteiger partial charge is 2.00 e. The number of rotatable bonds is 0. The molecule has 0 aliphatic carbocycles. The average Bonchev–Trinajstić information content (AvgIpc) is 0. The van der Waals surface area contributed by atoms with E-state index in [-0.39, 0.29) is 63.2 Å². The molecule has 0 unspecified atom stereocenters. The van der Waals surface area contributed by atoms with E-state index in [0.717, 1.165) is 0 Å². The molecular weight excluding hydrogens is 143 g/mol. The van der Waals surface area contributed by atoms with Gasteiger partial charge in [0, 0.05) is 0 Å².